The zero-order chi connectivity index (χ0) is 17.5. The molecular formula is C20H22N4O. The molecule has 1 aromatic heterocycles. The monoisotopic (exact) mass is 334 g/mol. The summed E-state index contributed by atoms with van der Waals surface area (Å²) >= 11 is 0. The maximum absolute atomic E-state index is 11.9. The molecule has 25 heavy (non-hydrogen) atoms. The van der Waals surface area contributed by atoms with Gasteiger partial charge in [-0.25, -0.2) is 9.78 Å². The summed E-state index contributed by atoms with van der Waals surface area (Å²) in [4.78, 5) is 15.9. The van der Waals surface area contributed by atoms with E-state index in [9.17, 15) is 4.79 Å². The molecule has 3 rings (SSSR count). The maximum atomic E-state index is 11.9. The highest BCUT2D eigenvalue weighted by atomic mass is 16.2. The topological polar surface area (TPSA) is 59.0 Å². The number of benzene rings is 2. The number of amides is 2. The minimum atomic E-state index is -0.164. The third kappa shape index (κ3) is 5.21. The summed E-state index contributed by atoms with van der Waals surface area (Å²) in [6, 6.07) is 16.2. The van der Waals surface area contributed by atoms with Crippen LogP contribution in [0.1, 0.15) is 22.3 Å². The Hall–Kier alpha value is -3.08. The number of nitrogens with zero attached hydrogens (tertiary/aromatic N) is 2. The predicted octanol–water partition coefficient (Wildman–Crippen LogP) is 3.24. The molecule has 0 saturated heterocycles. The van der Waals surface area contributed by atoms with Gasteiger partial charge < -0.3 is 15.2 Å². The second-order valence-electron chi connectivity index (χ2n) is 6.07. The third-order valence-electron chi connectivity index (χ3n) is 3.97. The summed E-state index contributed by atoms with van der Waals surface area (Å²) in [6.07, 6.45) is 5.51. The van der Waals surface area contributed by atoms with Gasteiger partial charge >= 0.3 is 6.03 Å². The van der Waals surface area contributed by atoms with Crippen LogP contribution in [-0.4, -0.2) is 15.6 Å². The van der Waals surface area contributed by atoms with Crippen LogP contribution in [-0.2, 0) is 19.6 Å². The van der Waals surface area contributed by atoms with Crippen LogP contribution in [0.4, 0.5) is 4.79 Å². The van der Waals surface area contributed by atoms with Gasteiger partial charge in [0.15, 0.2) is 0 Å². The van der Waals surface area contributed by atoms with Crippen molar-refractivity contribution in [3.63, 3.8) is 0 Å². The van der Waals surface area contributed by atoms with Crippen LogP contribution >= 0.6 is 0 Å². The lowest BCUT2D eigenvalue weighted by Crippen LogP contribution is -2.34. The number of carbonyl (C=O) groups is 1. The minimum Gasteiger partial charge on any atom is -0.334 e. The first-order valence-electron chi connectivity index (χ1n) is 8.30. The zero-order valence-corrected chi connectivity index (χ0v) is 14.3. The fourth-order valence-electron chi connectivity index (χ4n) is 2.49. The van der Waals surface area contributed by atoms with Crippen molar-refractivity contribution in [2.75, 3.05) is 0 Å². The lowest BCUT2D eigenvalue weighted by molar-refractivity contribution is 0.240. The molecule has 0 bridgehead atoms. The number of carbonyl (C=O) groups excluding carboxylic acids is 1. The second kappa shape index (κ2) is 8.15. The van der Waals surface area contributed by atoms with Crippen LogP contribution in [0.5, 0.6) is 0 Å². The molecule has 2 amide bonds. The molecule has 0 fully saturated rings. The first kappa shape index (κ1) is 16.8. The van der Waals surface area contributed by atoms with Gasteiger partial charge in [-0.1, -0.05) is 54.1 Å². The van der Waals surface area contributed by atoms with E-state index in [1.807, 2.05) is 54.1 Å². The van der Waals surface area contributed by atoms with Crippen molar-refractivity contribution >= 4 is 6.03 Å². The fourth-order valence-corrected chi connectivity index (χ4v) is 2.49. The van der Waals surface area contributed by atoms with Crippen LogP contribution in [0, 0.1) is 6.92 Å². The molecular weight excluding hydrogens is 312 g/mol. The van der Waals surface area contributed by atoms with E-state index in [-0.39, 0.29) is 6.03 Å². The van der Waals surface area contributed by atoms with Crippen LogP contribution < -0.4 is 10.6 Å². The first-order chi connectivity index (χ1) is 12.2. The molecule has 5 nitrogen and oxygen atoms in total. The highest BCUT2D eigenvalue weighted by Crippen LogP contribution is 2.06. The number of hydrogen-bond donors (Lipinski definition) is 2. The number of urea groups is 1. The molecule has 1 heterocycles. The summed E-state index contributed by atoms with van der Waals surface area (Å²) in [7, 11) is 0. The Bertz CT molecular complexity index is 793. The molecule has 2 N–H and O–H groups in total. The molecule has 0 atom stereocenters. The standard InChI is InChI=1S/C20H22N4O/c1-16-2-4-17(5-3-16)12-22-20(25)23-13-18-6-8-19(9-7-18)14-24-11-10-21-15-24/h2-11,15H,12-14H2,1H3,(H2,22,23,25). The Morgan fingerprint density at radius 3 is 2.04 bits per heavy atom. The fraction of sp³-hybridized carbons (Fsp3) is 0.200. The molecule has 0 radical (unpaired) electrons. The van der Waals surface area contributed by atoms with Gasteiger partial charge in [0, 0.05) is 32.0 Å². The van der Waals surface area contributed by atoms with Crippen LogP contribution in [0.25, 0.3) is 0 Å². The van der Waals surface area contributed by atoms with Gasteiger partial charge in [-0.2, -0.15) is 0 Å². The van der Waals surface area contributed by atoms with Gasteiger partial charge in [-0.15, -0.1) is 0 Å². The molecule has 128 valence electrons. The SMILES string of the molecule is Cc1ccc(CNC(=O)NCc2ccc(Cn3ccnc3)cc2)cc1. The lowest BCUT2D eigenvalue weighted by atomic mass is 10.1. The number of aromatic nitrogens is 2. The van der Waals surface area contributed by atoms with Crippen LogP contribution in [0.3, 0.4) is 0 Å². The lowest BCUT2D eigenvalue weighted by Gasteiger charge is -2.09. The Morgan fingerprint density at radius 1 is 0.920 bits per heavy atom. The van der Waals surface area contributed by atoms with E-state index in [0.717, 1.165) is 17.7 Å². The van der Waals surface area contributed by atoms with E-state index in [1.54, 1.807) is 12.5 Å². The maximum Gasteiger partial charge on any atom is 0.315 e. The van der Waals surface area contributed by atoms with Gasteiger partial charge in [-0.3, -0.25) is 0 Å². The Balaban J connectivity index is 1.43. The van der Waals surface area contributed by atoms with E-state index in [1.165, 1.54) is 11.1 Å². The molecule has 0 saturated carbocycles. The summed E-state index contributed by atoms with van der Waals surface area (Å²) in [5, 5.41) is 5.75. The van der Waals surface area contributed by atoms with Gasteiger partial charge in [0.25, 0.3) is 0 Å². The third-order valence-corrected chi connectivity index (χ3v) is 3.97. The van der Waals surface area contributed by atoms with Crippen molar-refractivity contribution < 1.29 is 4.79 Å². The molecule has 0 aliphatic carbocycles. The Labute approximate surface area is 147 Å². The number of imidazole rings is 1. The van der Waals surface area contributed by atoms with Crippen molar-refractivity contribution in [1.29, 1.82) is 0 Å². The van der Waals surface area contributed by atoms with E-state index in [4.69, 9.17) is 0 Å². The van der Waals surface area contributed by atoms with Crippen molar-refractivity contribution in [3.8, 4) is 0 Å². The van der Waals surface area contributed by atoms with Crippen molar-refractivity contribution in [3.05, 3.63) is 89.5 Å². The molecule has 2 aromatic carbocycles. The quantitative estimate of drug-likeness (QED) is 0.727. The molecule has 0 aliphatic rings. The summed E-state index contributed by atoms with van der Waals surface area (Å²) < 4.78 is 2.02. The highest BCUT2D eigenvalue weighted by Gasteiger charge is 2.01. The Kier molecular flexibility index (Phi) is 5.46. The van der Waals surface area contributed by atoms with E-state index in [2.05, 4.69) is 27.8 Å². The van der Waals surface area contributed by atoms with Crippen molar-refractivity contribution in [1.82, 2.24) is 20.2 Å². The largest absolute Gasteiger partial charge is 0.334 e. The minimum absolute atomic E-state index is 0.164. The molecule has 0 spiro atoms. The van der Waals surface area contributed by atoms with Crippen molar-refractivity contribution in [2.45, 2.75) is 26.6 Å². The van der Waals surface area contributed by atoms with Gasteiger partial charge in [0.1, 0.15) is 0 Å². The number of hydrogen-bond acceptors (Lipinski definition) is 2. The smallest absolute Gasteiger partial charge is 0.315 e. The number of nitrogens with one attached hydrogen (secondary N) is 2. The van der Waals surface area contributed by atoms with Gasteiger partial charge in [0.2, 0.25) is 0 Å². The van der Waals surface area contributed by atoms with E-state index >= 15 is 0 Å². The van der Waals surface area contributed by atoms with E-state index in [0.29, 0.717) is 13.1 Å². The summed E-state index contributed by atoms with van der Waals surface area (Å²) in [5.74, 6) is 0. The Morgan fingerprint density at radius 2 is 1.48 bits per heavy atom. The first-order valence-corrected chi connectivity index (χ1v) is 8.30. The molecule has 3 aromatic rings. The molecule has 0 unspecified atom stereocenters. The average Bonchev–Trinajstić information content (AvgIpc) is 3.14. The van der Waals surface area contributed by atoms with Crippen molar-refractivity contribution in [2.24, 2.45) is 0 Å². The summed E-state index contributed by atoms with van der Waals surface area (Å²) in [5.41, 5.74) is 4.57. The number of rotatable bonds is 6. The molecule has 0 aliphatic heterocycles. The predicted molar refractivity (Wildman–Crippen MR) is 98.0 cm³/mol. The van der Waals surface area contributed by atoms with Gasteiger partial charge in [0.05, 0.1) is 6.33 Å². The van der Waals surface area contributed by atoms with Gasteiger partial charge in [-0.05, 0) is 23.6 Å². The van der Waals surface area contributed by atoms with E-state index < -0.39 is 0 Å². The zero-order valence-electron chi connectivity index (χ0n) is 14.3. The molecule has 5 heteroatoms. The van der Waals surface area contributed by atoms with Crippen LogP contribution in [0.2, 0.25) is 0 Å². The number of aryl methyl sites for hydroxylation is 1. The highest BCUT2D eigenvalue weighted by molar-refractivity contribution is 5.73. The average molecular weight is 334 g/mol. The second-order valence-corrected chi connectivity index (χ2v) is 6.07. The normalized spacial score (nSPS) is 10.4. The van der Waals surface area contributed by atoms with Crippen LogP contribution in [0.15, 0.2) is 67.3 Å². The summed E-state index contributed by atoms with van der Waals surface area (Å²) in [6.45, 7) is 3.87.